The van der Waals surface area contributed by atoms with Crippen molar-refractivity contribution in [1.29, 1.82) is 0 Å². The molecule has 1 aromatic rings. The summed E-state index contributed by atoms with van der Waals surface area (Å²) in [7, 11) is 0. The van der Waals surface area contributed by atoms with Gasteiger partial charge in [-0.05, 0) is 17.2 Å². The maximum atomic E-state index is 3.77. The van der Waals surface area contributed by atoms with Crippen LogP contribution in [0.2, 0.25) is 0 Å². The number of allylic oxidation sites excluding steroid dienone is 2. The average Bonchev–Trinajstić information content (AvgIpc) is 2.47. The summed E-state index contributed by atoms with van der Waals surface area (Å²) in [6, 6.07) is 8.29. The highest BCUT2D eigenvalue weighted by Crippen LogP contribution is 2.28. The second-order valence-corrected chi connectivity index (χ2v) is 2.66. The summed E-state index contributed by atoms with van der Waals surface area (Å²) in [4.78, 5) is 0. The van der Waals surface area contributed by atoms with Crippen molar-refractivity contribution in [2.24, 2.45) is 0 Å². The molecule has 0 amide bonds. The molecule has 0 heteroatoms. The van der Waals surface area contributed by atoms with Crippen molar-refractivity contribution in [3.63, 3.8) is 0 Å². The molecule has 0 saturated carbocycles. The number of fused-ring (bicyclic) bond motifs is 1. The smallest absolute Gasteiger partial charge is 0.0211 e. The summed E-state index contributed by atoms with van der Waals surface area (Å²) in [6.07, 6.45) is 7.20. The van der Waals surface area contributed by atoms with Crippen molar-refractivity contribution in [3.05, 3.63) is 60.2 Å². The van der Waals surface area contributed by atoms with Crippen molar-refractivity contribution in [2.45, 2.75) is 5.92 Å². The van der Waals surface area contributed by atoms with E-state index in [1.165, 1.54) is 11.1 Å². The standard InChI is InChI=1S/C11H9/c1-2-9-7-8-10-5-3-4-6-11(9)10/h2-7,9H,1H2. The molecule has 2 rings (SSSR count). The van der Waals surface area contributed by atoms with Gasteiger partial charge >= 0.3 is 0 Å². The van der Waals surface area contributed by atoms with E-state index >= 15 is 0 Å². The van der Waals surface area contributed by atoms with Crippen LogP contribution in [0.25, 0.3) is 0 Å². The zero-order valence-corrected chi connectivity index (χ0v) is 6.25. The zero-order chi connectivity index (χ0) is 7.68. The molecule has 0 aromatic heterocycles. The summed E-state index contributed by atoms with van der Waals surface area (Å²) in [5.74, 6) is 0.381. The lowest BCUT2D eigenvalue weighted by atomic mass is 10.0. The van der Waals surface area contributed by atoms with Crippen LogP contribution in [0.4, 0.5) is 0 Å². The Morgan fingerprint density at radius 3 is 3.00 bits per heavy atom. The van der Waals surface area contributed by atoms with Crippen LogP contribution in [0.15, 0.2) is 43.0 Å². The van der Waals surface area contributed by atoms with E-state index in [0.717, 1.165) is 0 Å². The molecule has 0 N–H and O–H groups in total. The third-order valence-corrected chi connectivity index (χ3v) is 1.99. The summed E-state index contributed by atoms with van der Waals surface area (Å²) in [6.45, 7) is 3.77. The number of rotatable bonds is 1. The highest BCUT2D eigenvalue weighted by Gasteiger charge is 2.12. The van der Waals surface area contributed by atoms with E-state index in [1.807, 2.05) is 12.1 Å². The summed E-state index contributed by atoms with van der Waals surface area (Å²) < 4.78 is 0. The van der Waals surface area contributed by atoms with Crippen molar-refractivity contribution in [1.82, 2.24) is 0 Å². The second kappa shape index (κ2) is 2.39. The van der Waals surface area contributed by atoms with Gasteiger partial charge in [-0.3, -0.25) is 0 Å². The molecule has 0 heterocycles. The first kappa shape index (κ1) is 6.41. The van der Waals surface area contributed by atoms with Crippen LogP contribution < -0.4 is 0 Å². The van der Waals surface area contributed by atoms with Crippen molar-refractivity contribution < 1.29 is 0 Å². The molecule has 1 radical (unpaired) electrons. The molecule has 0 spiro atoms. The molecule has 0 saturated heterocycles. The van der Waals surface area contributed by atoms with E-state index in [4.69, 9.17) is 0 Å². The maximum absolute atomic E-state index is 3.77. The Hall–Kier alpha value is -1.30. The number of hydrogen-bond acceptors (Lipinski definition) is 0. The molecule has 0 nitrogen and oxygen atoms in total. The lowest BCUT2D eigenvalue weighted by Crippen LogP contribution is -1.86. The molecule has 0 bridgehead atoms. The fraction of sp³-hybridized carbons (Fsp3) is 0.0909. The monoisotopic (exact) mass is 141 g/mol. The fourth-order valence-electron chi connectivity index (χ4n) is 1.38. The van der Waals surface area contributed by atoms with Gasteiger partial charge in [-0.15, -0.1) is 6.58 Å². The van der Waals surface area contributed by atoms with Crippen LogP contribution >= 0.6 is 0 Å². The largest absolute Gasteiger partial charge is 0.102 e. The van der Waals surface area contributed by atoms with Gasteiger partial charge < -0.3 is 0 Å². The molecule has 1 unspecified atom stereocenters. The molecule has 1 aliphatic rings. The Morgan fingerprint density at radius 1 is 1.36 bits per heavy atom. The van der Waals surface area contributed by atoms with Gasteiger partial charge in [0.05, 0.1) is 0 Å². The first-order valence-electron chi connectivity index (χ1n) is 3.73. The third kappa shape index (κ3) is 0.911. The highest BCUT2D eigenvalue weighted by molar-refractivity contribution is 5.44. The van der Waals surface area contributed by atoms with E-state index < -0.39 is 0 Å². The van der Waals surface area contributed by atoms with E-state index in [9.17, 15) is 0 Å². The predicted octanol–water partition coefficient (Wildman–Crippen LogP) is 2.68. The van der Waals surface area contributed by atoms with E-state index in [1.54, 1.807) is 0 Å². The minimum Gasteiger partial charge on any atom is -0.102 e. The molecule has 1 aliphatic carbocycles. The van der Waals surface area contributed by atoms with Gasteiger partial charge in [0.25, 0.3) is 0 Å². The predicted molar refractivity (Wildman–Crippen MR) is 46.3 cm³/mol. The Labute approximate surface area is 66.9 Å². The SMILES string of the molecule is C=CC1C=[C]c2ccccc21. The van der Waals surface area contributed by atoms with Crippen molar-refractivity contribution in [2.75, 3.05) is 0 Å². The van der Waals surface area contributed by atoms with Gasteiger partial charge in [0.1, 0.15) is 0 Å². The molecular weight excluding hydrogens is 132 g/mol. The fourth-order valence-corrected chi connectivity index (χ4v) is 1.38. The van der Waals surface area contributed by atoms with Crippen LogP contribution in [-0.4, -0.2) is 0 Å². The van der Waals surface area contributed by atoms with Gasteiger partial charge in [-0.25, -0.2) is 0 Å². The Kier molecular flexibility index (Phi) is 1.39. The van der Waals surface area contributed by atoms with Crippen molar-refractivity contribution in [3.8, 4) is 0 Å². The minimum absolute atomic E-state index is 0.381. The molecular formula is C11H9. The molecule has 11 heavy (non-hydrogen) atoms. The highest BCUT2D eigenvalue weighted by atomic mass is 14.2. The molecule has 0 fully saturated rings. The normalized spacial score (nSPS) is 19.8. The van der Waals surface area contributed by atoms with Gasteiger partial charge in [-0.1, -0.05) is 36.4 Å². The molecule has 1 aromatic carbocycles. The van der Waals surface area contributed by atoms with Crippen LogP contribution in [0.3, 0.4) is 0 Å². The van der Waals surface area contributed by atoms with Crippen LogP contribution in [-0.2, 0) is 0 Å². The maximum Gasteiger partial charge on any atom is 0.0211 e. The third-order valence-electron chi connectivity index (χ3n) is 1.99. The molecule has 53 valence electrons. The van der Waals surface area contributed by atoms with Gasteiger partial charge in [-0.2, -0.15) is 0 Å². The lowest BCUT2D eigenvalue weighted by molar-refractivity contribution is 1.12. The first-order valence-corrected chi connectivity index (χ1v) is 3.73. The first-order chi connectivity index (χ1) is 5.42. The van der Waals surface area contributed by atoms with Gasteiger partial charge in [0.2, 0.25) is 0 Å². The Balaban J connectivity index is 2.53. The zero-order valence-electron chi connectivity index (χ0n) is 6.25. The summed E-state index contributed by atoms with van der Waals surface area (Å²) in [5.41, 5.74) is 2.53. The van der Waals surface area contributed by atoms with E-state index in [-0.39, 0.29) is 0 Å². The topological polar surface area (TPSA) is 0 Å². The van der Waals surface area contributed by atoms with Crippen LogP contribution in [0, 0.1) is 6.08 Å². The summed E-state index contributed by atoms with van der Waals surface area (Å²) in [5, 5.41) is 0. The van der Waals surface area contributed by atoms with Crippen molar-refractivity contribution >= 4 is 0 Å². The lowest BCUT2D eigenvalue weighted by Gasteiger charge is -2.02. The van der Waals surface area contributed by atoms with Crippen LogP contribution in [0.1, 0.15) is 17.0 Å². The summed E-state index contributed by atoms with van der Waals surface area (Å²) >= 11 is 0. The number of benzene rings is 1. The number of hydrogen-bond donors (Lipinski definition) is 0. The van der Waals surface area contributed by atoms with Crippen LogP contribution in [0.5, 0.6) is 0 Å². The second-order valence-electron chi connectivity index (χ2n) is 2.66. The molecule has 0 aliphatic heterocycles. The quantitative estimate of drug-likeness (QED) is 0.527. The Bertz CT molecular complexity index is 308. The molecule has 1 atom stereocenters. The Morgan fingerprint density at radius 2 is 2.18 bits per heavy atom. The van der Waals surface area contributed by atoms with E-state index in [0.29, 0.717) is 5.92 Å². The average molecular weight is 141 g/mol. The van der Waals surface area contributed by atoms with Gasteiger partial charge in [0, 0.05) is 5.92 Å². The van der Waals surface area contributed by atoms with E-state index in [2.05, 4.69) is 36.9 Å². The minimum atomic E-state index is 0.381. The van der Waals surface area contributed by atoms with Gasteiger partial charge in [0.15, 0.2) is 0 Å².